The zero-order valence-electron chi connectivity index (χ0n) is 9.45. The Morgan fingerprint density at radius 2 is 2.06 bits per heavy atom. The summed E-state index contributed by atoms with van der Waals surface area (Å²) >= 11 is 0. The third-order valence-electron chi connectivity index (χ3n) is 3.25. The highest BCUT2D eigenvalue weighted by molar-refractivity contribution is 5.81. The zero-order chi connectivity index (χ0) is 11.6. The minimum atomic E-state index is -0.980. The Labute approximate surface area is 95.5 Å². The molecule has 0 heterocycles. The molecular weight excluding hydrogens is 202 g/mol. The third kappa shape index (κ3) is 2.03. The third-order valence-corrected chi connectivity index (χ3v) is 3.25. The Morgan fingerprint density at radius 1 is 1.38 bits per heavy atom. The van der Waals surface area contributed by atoms with Gasteiger partial charge in [0.2, 0.25) is 0 Å². The summed E-state index contributed by atoms with van der Waals surface area (Å²) in [5, 5.41) is 14.4. The molecule has 1 aromatic rings. The number of carbonyl (C=O) groups excluding carboxylic acids is 1. The second kappa shape index (κ2) is 4.16. The summed E-state index contributed by atoms with van der Waals surface area (Å²) in [5.74, 6) is -0.980. The number of carboxylic acid groups (broad SMARTS) is 1. The van der Waals surface area contributed by atoms with Crippen molar-refractivity contribution >= 4 is 11.7 Å². The maximum atomic E-state index is 11.2. The molecule has 1 saturated carbocycles. The molecule has 1 aliphatic rings. The van der Waals surface area contributed by atoms with Crippen LogP contribution in [0.15, 0.2) is 24.3 Å². The normalized spacial score (nSPS) is 18.3. The van der Waals surface area contributed by atoms with Gasteiger partial charge in [-0.15, -0.1) is 0 Å². The van der Waals surface area contributed by atoms with Crippen LogP contribution in [0.25, 0.3) is 0 Å². The molecule has 0 aromatic heterocycles. The van der Waals surface area contributed by atoms with Crippen LogP contribution in [0.3, 0.4) is 0 Å². The van der Waals surface area contributed by atoms with Crippen LogP contribution in [0.4, 0.5) is 5.69 Å². The van der Waals surface area contributed by atoms with Gasteiger partial charge in [-0.25, -0.2) is 0 Å². The van der Waals surface area contributed by atoms with Gasteiger partial charge in [0.05, 0.1) is 11.5 Å². The second-order valence-electron chi connectivity index (χ2n) is 4.57. The SMILES string of the molecule is Cc1cccc(NC2(C(=O)[O-])CCCC2)c1. The van der Waals surface area contributed by atoms with Crippen molar-refractivity contribution in [1.29, 1.82) is 0 Å². The summed E-state index contributed by atoms with van der Waals surface area (Å²) in [6, 6.07) is 7.78. The van der Waals surface area contributed by atoms with Crippen LogP contribution in [0, 0.1) is 6.92 Å². The summed E-state index contributed by atoms with van der Waals surface area (Å²) in [6.07, 6.45) is 3.21. The molecule has 3 heteroatoms. The maximum absolute atomic E-state index is 11.2. The van der Waals surface area contributed by atoms with Crippen molar-refractivity contribution in [3.63, 3.8) is 0 Å². The monoisotopic (exact) mass is 218 g/mol. The van der Waals surface area contributed by atoms with Gasteiger partial charge >= 0.3 is 0 Å². The number of hydrogen-bond donors (Lipinski definition) is 1. The smallest absolute Gasteiger partial charge is 0.0769 e. The lowest BCUT2D eigenvalue weighted by Gasteiger charge is -2.32. The van der Waals surface area contributed by atoms with E-state index in [1.807, 2.05) is 31.2 Å². The molecule has 0 spiro atoms. The number of hydrogen-bond acceptors (Lipinski definition) is 3. The molecule has 1 aliphatic carbocycles. The Balaban J connectivity index is 2.21. The van der Waals surface area contributed by atoms with Gasteiger partial charge in [-0.1, -0.05) is 25.0 Å². The summed E-state index contributed by atoms with van der Waals surface area (Å²) in [6.45, 7) is 1.99. The van der Waals surface area contributed by atoms with E-state index < -0.39 is 11.5 Å². The van der Waals surface area contributed by atoms with Crippen LogP contribution in [0.1, 0.15) is 31.2 Å². The van der Waals surface area contributed by atoms with Crippen molar-refractivity contribution in [2.45, 2.75) is 38.1 Å². The maximum Gasteiger partial charge on any atom is 0.0769 e. The molecule has 0 bridgehead atoms. The Bertz CT molecular complexity index is 395. The van der Waals surface area contributed by atoms with E-state index in [0.717, 1.165) is 24.1 Å². The Kier molecular flexibility index (Phi) is 2.86. The predicted octanol–water partition coefficient (Wildman–Crippen LogP) is 1.47. The Hall–Kier alpha value is -1.51. The Morgan fingerprint density at radius 3 is 2.62 bits per heavy atom. The van der Waals surface area contributed by atoms with Gasteiger partial charge in [0.15, 0.2) is 0 Å². The van der Waals surface area contributed by atoms with Crippen LogP contribution in [0.2, 0.25) is 0 Å². The van der Waals surface area contributed by atoms with E-state index in [-0.39, 0.29) is 0 Å². The van der Waals surface area contributed by atoms with E-state index >= 15 is 0 Å². The van der Waals surface area contributed by atoms with Crippen molar-refractivity contribution in [3.05, 3.63) is 29.8 Å². The second-order valence-corrected chi connectivity index (χ2v) is 4.57. The number of carbonyl (C=O) groups is 1. The molecule has 1 N–H and O–H groups in total. The van der Waals surface area contributed by atoms with E-state index in [2.05, 4.69) is 5.32 Å². The van der Waals surface area contributed by atoms with Gasteiger partial charge in [-0.05, 0) is 37.5 Å². The van der Waals surface area contributed by atoms with Crippen LogP contribution < -0.4 is 10.4 Å². The predicted molar refractivity (Wildman–Crippen MR) is 61.0 cm³/mol. The van der Waals surface area contributed by atoms with Crippen molar-refractivity contribution in [1.82, 2.24) is 0 Å². The zero-order valence-corrected chi connectivity index (χ0v) is 9.45. The minimum absolute atomic E-state index is 0.656. The lowest BCUT2D eigenvalue weighted by Crippen LogP contribution is -2.52. The fourth-order valence-corrected chi connectivity index (χ4v) is 2.36. The van der Waals surface area contributed by atoms with Gasteiger partial charge in [0.25, 0.3) is 0 Å². The number of carboxylic acids is 1. The average Bonchev–Trinajstić information content (AvgIpc) is 2.67. The molecule has 0 radical (unpaired) electrons. The summed E-state index contributed by atoms with van der Waals surface area (Å²) < 4.78 is 0. The first kappa shape index (κ1) is 11.0. The average molecular weight is 218 g/mol. The van der Waals surface area contributed by atoms with Gasteiger partial charge in [0.1, 0.15) is 0 Å². The molecule has 0 saturated heterocycles. The van der Waals surface area contributed by atoms with Gasteiger partial charge < -0.3 is 15.2 Å². The highest BCUT2D eigenvalue weighted by Crippen LogP contribution is 2.32. The van der Waals surface area contributed by atoms with E-state index in [1.54, 1.807) is 0 Å². The van der Waals surface area contributed by atoms with E-state index in [0.29, 0.717) is 12.8 Å². The molecule has 0 unspecified atom stereocenters. The number of benzene rings is 1. The number of aliphatic carboxylic acids is 1. The summed E-state index contributed by atoms with van der Waals surface area (Å²) in [4.78, 5) is 11.2. The number of anilines is 1. The molecular formula is C13H16NO2-. The highest BCUT2D eigenvalue weighted by atomic mass is 16.4. The summed E-state index contributed by atoms with van der Waals surface area (Å²) in [5.41, 5.74) is 1.14. The number of rotatable bonds is 3. The van der Waals surface area contributed by atoms with Gasteiger partial charge in [-0.3, -0.25) is 0 Å². The topological polar surface area (TPSA) is 52.2 Å². The van der Waals surface area contributed by atoms with Crippen LogP contribution in [-0.4, -0.2) is 11.5 Å². The first-order chi connectivity index (χ1) is 7.62. The van der Waals surface area contributed by atoms with Crippen LogP contribution in [-0.2, 0) is 4.79 Å². The first-order valence-electron chi connectivity index (χ1n) is 5.69. The quantitative estimate of drug-likeness (QED) is 0.835. The standard InChI is InChI=1S/C13H17NO2/c1-10-5-4-6-11(9-10)14-13(12(15)16)7-2-3-8-13/h4-6,9,14H,2-3,7-8H2,1H3,(H,15,16)/p-1. The lowest BCUT2D eigenvalue weighted by molar-refractivity contribution is -0.311. The van der Waals surface area contributed by atoms with E-state index in [4.69, 9.17) is 0 Å². The molecule has 16 heavy (non-hydrogen) atoms. The molecule has 0 amide bonds. The van der Waals surface area contributed by atoms with Crippen LogP contribution >= 0.6 is 0 Å². The number of aryl methyl sites for hydroxylation is 1. The van der Waals surface area contributed by atoms with E-state index in [9.17, 15) is 9.90 Å². The van der Waals surface area contributed by atoms with Gasteiger partial charge in [-0.2, -0.15) is 0 Å². The van der Waals surface area contributed by atoms with Gasteiger partial charge in [0, 0.05) is 5.69 Å². The minimum Gasteiger partial charge on any atom is -0.548 e. The summed E-state index contributed by atoms with van der Waals surface area (Å²) in [7, 11) is 0. The lowest BCUT2D eigenvalue weighted by atomic mass is 9.97. The molecule has 0 atom stereocenters. The van der Waals surface area contributed by atoms with Crippen molar-refractivity contribution < 1.29 is 9.90 Å². The molecule has 1 fully saturated rings. The van der Waals surface area contributed by atoms with Crippen molar-refractivity contribution in [3.8, 4) is 0 Å². The van der Waals surface area contributed by atoms with E-state index in [1.165, 1.54) is 0 Å². The van der Waals surface area contributed by atoms with Crippen molar-refractivity contribution in [2.24, 2.45) is 0 Å². The fraction of sp³-hybridized carbons (Fsp3) is 0.462. The largest absolute Gasteiger partial charge is 0.548 e. The first-order valence-corrected chi connectivity index (χ1v) is 5.69. The fourth-order valence-electron chi connectivity index (χ4n) is 2.36. The van der Waals surface area contributed by atoms with Crippen molar-refractivity contribution in [2.75, 3.05) is 5.32 Å². The molecule has 2 rings (SSSR count). The molecule has 1 aromatic carbocycles. The van der Waals surface area contributed by atoms with Crippen LogP contribution in [0.5, 0.6) is 0 Å². The molecule has 3 nitrogen and oxygen atoms in total. The highest BCUT2D eigenvalue weighted by Gasteiger charge is 2.35. The molecule has 0 aliphatic heterocycles. The number of nitrogens with one attached hydrogen (secondary N) is 1. The molecule has 86 valence electrons.